The van der Waals surface area contributed by atoms with Gasteiger partial charge in [0.2, 0.25) is 11.8 Å². The van der Waals surface area contributed by atoms with Crippen molar-refractivity contribution >= 4 is 11.9 Å². The summed E-state index contributed by atoms with van der Waals surface area (Å²) >= 11 is 0. The highest BCUT2D eigenvalue weighted by molar-refractivity contribution is 5.85. The lowest BCUT2D eigenvalue weighted by molar-refractivity contribution is -0.141. The molecule has 2 heterocycles. The lowest BCUT2D eigenvalue weighted by Crippen LogP contribution is -2.26. The number of carbonyl (C=O) groups is 2. The molecule has 1 amide bonds. The Morgan fingerprint density at radius 3 is 2.68 bits per heavy atom. The fraction of sp³-hybridized carbons (Fsp3) is 0.667. The van der Waals surface area contributed by atoms with E-state index in [1.165, 1.54) is 4.90 Å². The first-order chi connectivity index (χ1) is 8.77. The second-order valence-electron chi connectivity index (χ2n) is 5.78. The number of rotatable bonds is 3. The van der Waals surface area contributed by atoms with Crippen molar-refractivity contribution in [2.75, 3.05) is 6.54 Å². The molecule has 0 unspecified atom stereocenters. The zero-order chi connectivity index (χ0) is 14.2. The van der Waals surface area contributed by atoms with Crippen LogP contribution in [0.25, 0.3) is 0 Å². The zero-order valence-corrected chi connectivity index (χ0v) is 11.2. The minimum Gasteiger partial charge on any atom is -0.481 e. The molecule has 0 aromatic carbocycles. The molecule has 1 saturated heterocycles. The Hall–Kier alpha value is -1.92. The van der Waals surface area contributed by atoms with Gasteiger partial charge in [-0.1, -0.05) is 25.9 Å². The van der Waals surface area contributed by atoms with Crippen LogP contribution in [0.2, 0.25) is 0 Å². The lowest BCUT2D eigenvalue weighted by Gasteiger charge is -2.13. The van der Waals surface area contributed by atoms with Gasteiger partial charge in [0, 0.05) is 18.4 Å². The molecule has 1 aromatic heterocycles. The highest BCUT2D eigenvalue weighted by Crippen LogP contribution is 2.22. The molecule has 1 aliphatic rings. The standard InChI is InChI=1S/C12H17N3O4/c1-12(2,3)11-13-8(19-14-11)6-15-5-7(10(17)18)4-9(15)16/h7H,4-6H2,1-3H3,(H,17,18)/t7-/m1/s1. The van der Waals surface area contributed by atoms with E-state index in [1.54, 1.807) is 0 Å². The van der Waals surface area contributed by atoms with Gasteiger partial charge in [0.1, 0.15) is 6.54 Å². The van der Waals surface area contributed by atoms with Crippen molar-refractivity contribution in [1.82, 2.24) is 15.0 Å². The van der Waals surface area contributed by atoms with Gasteiger partial charge in [0.25, 0.3) is 0 Å². The van der Waals surface area contributed by atoms with Gasteiger partial charge in [0.05, 0.1) is 5.92 Å². The van der Waals surface area contributed by atoms with E-state index in [-0.39, 0.29) is 30.8 Å². The van der Waals surface area contributed by atoms with Crippen LogP contribution in [0.3, 0.4) is 0 Å². The van der Waals surface area contributed by atoms with Gasteiger partial charge in [-0.2, -0.15) is 4.98 Å². The van der Waals surface area contributed by atoms with Crippen molar-refractivity contribution in [2.45, 2.75) is 39.2 Å². The number of carboxylic acid groups (broad SMARTS) is 1. The highest BCUT2D eigenvalue weighted by Gasteiger charge is 2.35. The molecule has 0 bridgehead atoms. The quantitative estimate of drug-likeness (QED) is 0.870. The largest absolute Gasteiger partial charge is 0.481 e. The van der Waals surface area contributed by atoms with Crippen molar-refractivity contribution < 1.29 is 19.2 Å². The van der Waals surface area contributed by atoms with Crippen LogP contribution in [0, 0.1) is 5.92 Å². The summed E-state index contributed by atoms with van der Waals surface area (Å²) in [5.74, 6) is -0.870. The Morgan fingerprint density at radius 2 is 2.21 bits per heavy atom. The van der Waals surface area contributed by atoms with E-state index in [9.17, 15) is 9.59 Å². The van der Waals surface area contributed by atoms with Crippen LogP contribution in [0.1, 0.15) is 38.9 Å². The van der Waals surface area contributed by atoms with Gasteiger partial charge >= 0.3 is 5.97 Å². The SMILES string of the molecule is CC(C)(C)c1noc(CN2C[C@H](C(=O)O)CC2=O)n1. The lowest BCUT2D eigenvalue weighted by atomic mass is 9.96. The summed E-state index contributed by atoms with van der Waals surface area (Å²) in [6.45, 7) is 6.25. The van der Waals surface area contributed by atoms with Gasteiger partial charge in [-0.3, -0.25) is 9.59 Å². The van der Waals surface area contributed by atoms with E-state index in [0.717, 1.165) is 0 Å². The maximum atomic E-state index is 11.7. The average Bonchev–Trinajstić information content (AvgIpc) is 2.86. The second kappa shape index (κ2) is 4.64. The third-order valence-corrected chi connectivity index (χ3v) is 3.03. The Balaban J connectivity index is 2.04. The van der Waals surface area contributed by atoms with Crippen molar-refractivity contribution in [1.29, 1.82) is 0 Å². The molecule has 0 saturated carbocycles. The third kappa shape index (κ3) is 2.91. The van der Waals surface area contributed by atoms with E-state index in [1.807, 2.05) is 20.8 Å². The minimum atomic E-state index is -0.947. The summed E-state index contributed by atoms with van der Waals surface area (Å²) < 4.78 is 5.09. The smallest absolute Gasteiger partial charge is 0.308 e. The topological polar surface area (TPSA) is 96.5 Å². The van der Waals surface area contributed by atoms with Gasteiger partial charge in [-0.05, 0) is 0 Å². The van der Waals surface area contributed by atoms with Crippen LogP contribution in [0.4, 0.5) is 0 Å². The van der Waals surface area contributed by atoms with Gasteiger partial charge in [-0.25, -0.2) is 0 Å². The molecule has 0 spiro atoms. The predicted octanol–water partition coefficient (Wildman–Crippen LogP) is 0.800. The first-order valence-corrected chi connectivity index (χ1v) is 6.11. The van der Waals surface area contributed by atoms with Crippen LogP contribution in [0.15, 0.2) is 4.52 Å². The summed E-state index contributed by atoms with van der Waals surface area (Å²) in [6.07, 6.45) is 0.0373. The van der Waals surface area contributed by atoms with E-state index >= 15 is 0 Å². The highest BCUT2D eigenvalue weighted by atomic mass is 16.5. The number of nitrogens with zero attached hydrogens (tertiary/aromatic N) is 3. The van der Waals surface area contributed by atoms with Crippen molar-refractivity contribution in [3.63, 3.8) is 0 Å². The molecule has 104 valence electrons. The molecule has 1 atom stereocenters. The summed E-state index contributed by atoms with van der Waals surface area (Å²) in [4.78, 5) is 28.2. The van der Waals surface area contributed by atoms with Crippen molar-refractivity contribution in [3.05, 3.63) is 11.7 Å². The van der Waals surface area contributed by atoms with E-state index < -0.39 is 11.9 Å². The van der Waals surface area contributed by atoms with Crippen molar-refractivity contribution in [3.8, 4) is 0 Å². The molecule has 0 radical (unpaired) electrons. The van der Waals surface area contributed by atoms with Gasteiger partial charge in [-0.15, -0.1) is 0 Å². The van der Waals surface area contributed by atoms with Gasteiger partial charge in [0.15, 0.2) is 5.82 Å². The summed E-state index contributed by atoms with van der Waals surface area (Å²) in [5, 5.41) is 12.8. The predicted molar refractivity (Wildman–Crippen MR) is 64.2 cm³/mol. The Kier molecular flexibility index (Phi) is 3.30. The van der Waals surface area contributed by atoms with E-state index in [4.69, 9.17) is 9.63 Å². The molecule has 19 heavy (non-hydrogen) atoms. The molecule has 1 aromatic rings. The molecule has 1 aliphatic heterocycles. The first-order valence-electron chi connectivity index (χ1n) is 6.11. The number of aromatic nitrogens is 2. The monoisotopic (exact) mass is 267 g/mol. The Morgan fingerprint density at radius 1 is 1.53 bits per heavy atom. The van der Waals surface area contributed by atoms with Crippen LogP contribution in [0.5, 0.6) is 0 Å². The fourth-order valence-corrected chi connectivity index (χ4v) is 1.88. The molecular formula is C12H17N3O4. The van der Waals surface area contributed by atoms with Gasteiger partial charge < -0.3 is 14.5 Å². The zero-order valence-electron chi connectivity index (χ0n) is 11.2. The Labute approximate surface area is 110 Å². The third-order valence-electron chi connectivity index (χ3n) is 3.03. The number of aliphatic carboxylic acids is 1. The number of likely N-dealkylation sites (tertiary alicyclic amines) is 1. The van der Waals surface area contributed by atoms with Crippen molar-refractivity contribution in [2.24, 2.45) is 5.92 Å². The van der Waals surface area contributed by atoms with Crippen LogP contribution in [-0.4, -0.2) is 38.6 Å². The molecule has 1 N–H and O–H groups in total. The molecule has 2 rings (SSSR count). The normalized spacial score (nSPS) is 20.1. The maximum absolute atomic E-state index is 11.7. The number of amides is 1. The molecule has 7 nitrogen and oxygen atoms in total. The fourth-order valence-electron chi connectivity index (χ4n) is 1.88. The number of carboxylic acids is 1. The summed E-state index contributed by atoms with van der Waals surface area (Å²) in [6, 6.07) is 0. The second-order valence-corrected chi connectivity index (χ2v) is 5.78. The van der Waals surface area contributed by atoms with Crippen LogP contribution >= 0.6 is 0 Å². The molecular weight excluding hydrogens is 250 g/mol. The average molecular weight is 267 g/mol. The number of hydrogen-bond donors (Lipinski definition) is 1. The minimum absolute atomic E-state index is 0.0373. The molecule has 7 heteroatoms. The van der Waals surface area contributed by atoms with Crippen LogP contribution < -0.4 is 0 Å². The van der Waals surface area contributed by atoms with Crippen LogP contribution in [-0.2, 0) is 21.5 Å². The summed E-state index contributed by atoms with van der Waals surface area (Å²) in [5.41, 5.74) is -0.222. The maximum Gasteiger partial charge on any atom is 0.308 e. The Bertz CT molecular complexity index is 503. The molecule has 1 fully saturated rings. The summed E-state index contributed by atoms with van der Waals surface area (Å²) in [7, 11) is 0. The number of hydrogen-bond acceptors (Lipinski definition) is 5. The first kappa shape index (κ1) is 13.5. The van der Waals surface area contributed by atoms with E-state index in [0.29, 0.717) is 11.7 Å². The molecule has 0 aliphatic carbocycles. The number of carbonyl (C=O) groups excluding carboxylic acids is 1. The van der Waals surface area contributed by atoms with E-state index in [2.05, 4.69) is 10.1 Å².